The molecule has 1 aliphatic heterocycles. The Kier molecular flexibility index (Phi) is 10.2. The van der Waals surface area contributed by atoms with E-state index in [1.165, 1.54) is 0 Å². The van der Waals surface area contributed by atoms with E-state index >= 15 is 0 Å². The van der Waals surface area contributed by atoms with Crippen LogP contribution in [0, 0.1) is 0 Å². The molecule has 0 saturated carbocycles. The van der Waals surface area contributed by atoms with Gasteiger partial charge in [0.2, 0.25) is 23.6 Å². The first-order chi connectivity index (χ1) is 15.3. The number of nitrogens with zero attached hydrogens (tertiary/aromatic N) is 1. The molecule has 33 heavy (non-hydrogen) atoms. The number of primary amides is 1. The fourth-order valence-electron chi connectivity index (χ4n) is 3.24. The number of rotatable bonds is 13. The zero-order valence-corrected chi connectivity index (χ0v) is 17.6. The molecule has 0 radical (unpaired) electrons. The predicted molar refractivity (Wildman–Crippen MR) is 107 cm³/mol. The Hall–Kier alpha value is -3.75. The zero-order valence-electron chi connectivity index (χ0n) is 17.6. The second-order valence-corrected chi connectivity index (χ2v) is 7.46. The van der Waals surface area contributed by atoms with Crippen LogP contribution >= 0.6 is 0 Å². The summed E-state index contributed by atoms with van der Waals surface area (Å²) in [5, 5.41) is 30.7. The van der Waals surface area contributed by atoms with E-state index in [9.17, 15) is 33.6 Å². The number of hydrogen-bond donors (Lipinski definition) is 7. The van der Waals surface area contributed by atoms with Gasteiger partial charge in [-0.1, -0.05) is 0 Å². The summed E-state index contributed by atoms with van der Waals surface area (Å²) >= 11 is 0. The number of aliphatic carboxylic acids is 3. The summed E-state index contributed by atoms with van der Waals surface area (Å²) in [4.78, 5) is 82.9. The number of nitrogens with one attached hydrogen (secondary N) is 2. The van der Waals surface area contributed by atoms with Gasteiger partial charge >= 0.3 is 17.9 Å². The molecule has 1 heterocycles. The molecule has 0 spiro atoms. The molecule has 0 aromatic rings. The smallest absolute Gasteiger partial charge is 0.326 e. The first-order valence-electron chi connectivity index (χ1n) is 9.95. The summed E-state index contributed by atoms with van der Waals surface area (Å²) < 4.78 is 0. The molecule has 4 atom stereocenters. The Morgan fingerprint density at radius 3 is 2.09 bits per heavy atom. The van der Waals surface area contributed by atoms with Crippen LogP contribution in [0.15, 0.2) is 0 Å². The fourth-order valence-corrected chi connectivity index (χ4v) is 3.24. The lowest BCUT2D eigenvalue weighted by Gasteiger charge is -2.28. The van der Waals surface area contributed by atoms with Crippen LogP contribution in [0.3, 0.4) is 0 Å². The van der Waals surface area contributed by atoms with E-state index in [0.29, 0.717) is 6.42 Å². The van der Waals surface area contributed by atoms with E-state index < -0.39 is 78.5 Å². The zero-order chi connectivity index (χ0) is 25.3. The van der Waals surface area contributed by atoms with E-state index in [1.807, 2.05) is 5.32 Å². The van der Waals surface area contributed by atoms with Gasteiger partial charge in [0.25, 0.3) is 0 Å². The summed E-state index contributed by atoms with van der Waals surface area (Å²) in [6.45, 7) is 0.157. The minimum absolute atomic E-state index is 0.147. The predicted octanol–water partition coefficient (Wildman–Crippen LogP) is -3.43. The average molecular weight is 473 g/mol. The number of hydrogen-bond acceptors (Lipinski definition) is 8. The van der Waals surface area contributed by atoms with Crippen molar-refractivity contribution in [2.45, 2.75) is 62.7 Å². The highest BCUT2D eigenvalue weighted by Crippen LogP contribution is 2.19. The van der Waals surface area contributed by atoms with Crippen LogP contribution in [0.4, 0.5) is 0 Å². The Balaban J connectivity index is 2.91. The van der Waals surface area contributed by atoms with Crippen molar-refractivity contribution >= 4 is 41.5 Å². The first-order valence-corrected chi connectivity index (χ1v) is 9.95. The van der Waals surface area contributed by atoms with Crippen LogP contribution < -0.4 is 22.1 Å². The second-order valence-electron chi connectivity index (χ2n) is 7.46. The van der Waals surface area contributed by atoms with E-state index in [1.54, 1.807) is 0 Å². The molecule has 4 unspecified atom stereocenters. The summed E-state index contributed by atoms with van der Waals surface area (Å²) in [7, 11) is 0. The van der Waals surface area contributed by atoms with Crippen molar-refractivity contribution in [3.8, 4) is 0 Å². The van der Waals surface area contributed by atoms with Crippen LogP contribution in [0.5, 0.6) is 0 Å². The molecule has 15 nitrogen and oxygen atoms in total. The van der Waals surface area contributed by atoms with Crippen LogP contribution in [0.25, 0.3) is 0 Å². The van der Waals surface area contributed by atoms with Crippen molar-refractivity contribution in [1.29, 1.82) is 0 Å². The number of carbonyl (C=O) groups is 7. The Morgan fingerprint density at radius 1 is 0.939 bits per heavy atom. The van der Waals surface area contributed by atoms with Crippen molar-refractivity contribution in [2.75, 3.05) is 6.54 Å². The first kappa shape index (κ1) is 27.3. The molecule has 15 heteroatoms. The fraction of sp³-hybridized carbons (Fsp3) is 0.611. The molecule has 0 bridgehead atoms. The molecule has 0 aliphatic carbocycles. The van der Waals surface area contributed by atoms with Crippen LogP contribution in [-0.2, 0) is 33.6 Å². The second kappa shape index (κ2) is 12.3. The van der Waals surface area contributed by atoms with Crippen LogP contribution in [0.1, 0.15) is 38.5 Å². The molecular weight excluding hydrogens is 446 g/mol. The summed E-state index contributed by atoms with van der Waals surface area (Å²) in [6, 6.07) is -5.67. The third kappa shape index (κ3) is 8.72. The normalized spacial score (nSPS) is 18.0. The minimum Gasteiger partial charge on any atom is -0.481 e. The third-order valence-corrected chi connectivity index (χ3v) is 4.86. The lowest BCUT2D eigenvalue weighted by Crippen LogP contribution is -2.57. The molecule has 1 fully saturated rings. The summed E-state index contributed by atoms with van der Waals surface area (Å²) in [5.41, 5.74) is 10.8. The molecule has 1 saturated heterocycles. The van der Waals surface area contributed by atoms with Gasteiger partial charge in [0.15, 0.2) is 0 Å². The largest absolute Gasteiger partial charge is 0.481 e. The van der Waals surface area contributed by atoms with Gasteiger partial charge < -0.3 is 42.3 Å². The maximum atomic E-state index is 12.8. The van der Waals surface area contributed by atoms with Gasteiger partial charge in [0.05, 0.1) is 18.9 Å². The van der Waals surface area contributed by atoms with Gasteiger partial charge in [0.1, 0.15) is 18.1 Å². The van der Waals surface area contributed by atoms with Crippen LogP contribution in [-0.4, -0.2) is 92.5 Å². The quantitative estimate of drug-likeness (QED) is 0.138. The van der Waals surface area contributed by atoms with Crippen molar-refractivity contribution in [3.05, 3.63) is 0 Å². The number of carboxylic acid groups (broad SMARTS) is 3. The number of carbonyl (C=O) groups excluding carboxylic acids is 4. The third-order valence-electron chi connectivity index (χ3n) is 4.86. The average Bonchev–Trinajstić information content (AvgIpc) is 3.19. The highest BCUT2D eigenvalue weighted by Gasteiger charge is 2.38. The summed E-state index contributed by atoms with van der Waals surface area (Å²) in [6.07, 6.45) is -1.54. The standard InChI is InChI=1S/C18H27N5O10/c19-8(3-4-13(25)26)17(31)23-5-1-2-11(23)16(30)21-9(6-12(20)24)15(29)22-10(18(32)33)7-14(27)28/h8-11H,1-7,19H2,(H2,20,24)(H,21,30)(H,22,29)(H,25,26)(H,27,28)(H,32,33). The topological polar surface area (TPSA) is 260 Å². The maximum absolute atomic E-state index is 12.8. The van der Waals surface area contributed by atoms with Crippen molar-refractivity contribution in [1.82, 2.24) is 15.5 Å². The molecule has 0 aromatic heterocycles. The molecule has 9 N–H and O–H groups in total. The molecule has 184 valence electrons. The monoisotopic (exact) mass is 473 g/mol. The number of nitrogens with two attached hydrogens (primary N) is 2. The van der Waals surface area contributed by atoms with Gasteiger partial charge in [-0.05, 0) is 19.3 Å². The minimum atomic E-state index is -1.82. The van der Waals surface area contributed by atoms with E-state index in [2.05, 4.69) is 5.32 Å². The van der Waals surface area contributed by atoms with E-state index in [4.69, 9.17) is 26.8 Å². The van der Waals surface area contributed by atoms with Gasteiger partial charge in [-0.2, -0.15) is 0 Å². The number of likely N-dealkylation sites (tertiary alicyclic amines) is 1. The molecule has 4 amide bonds. The highest BCUT2D eigenvalue weighted by atomic mass is 16.4. The number of carboxylic acids is 3. The summed E-state index contributed by atoms with van der Waals surface area (Å²) in [5.74, 6) is -7.93. The van der Waals surface area contributed by atoms with Gasteiger partial charge in [-0.25, -0.2) is 4.79 Å². The molecular formula is C18H27N5O10. The lowest BCUT2D eigenvalue weighted by molar-refractivity contribution is -0.147. The molecule has 1 aliphatic rings. The van der Waals surface area contributed by atoms with E-state index in [0.717, 1.165) is 4.90 Å². The maximum Gasteiger partial charge on any atom is 0.326 e. The lowest BCUT2D eigenvalue weighted by atomic mass is 10.1. The van der Waals surface area contributed by atoms with Gasteiger partial charge in [-0.15, -0.1) is 0 Å². The van der Waals surface area contributed by atoms with Gasteiger partial charge in [0, 0.05) is 13.0 Å². The van der Waals surface area contributed by atoms with Gasteiger partial charge in [-0.3, -0.25) is 28.8 Å². The highest BCUT2D eigenvalue weighted by molar-refractivity contribution is 5.96. The SMILES string of the molecule is NC(=O)CC(NC(=O)C1CCCN1C(=O)C(N)CCC(=O)O)C(=O)NC(CC(=O)O)C(=O)O. The van der Waals surface area contributed by atoms with Crippen molar-refractivity contribution in [3.63, 3.8) is 0 Å². The Morgan fingerprint density at radius 2 is 1.58 bits per heavy atom. The molecule has 1 rings (SSSR count). The van der Waals surface area contributed by atoms with Crippen molar-refractivity contribution in [2.24, 2.45) is 11.5 Å². The molecule has 0 aromatic carbocycles. The Bertz CT molecular complexity index is 816. The number of amides is 4. The van der Waals surface area contributed by atoms with Crippen molar-refractivity contribution < 1.29 is 48.9 Å². The van der Waals surface area contributed by atoms with E-state index in [-0.39, 0.29) is 25.8 Å². The van der Waals surface area contributed by atoms with Crippen LogP contribution in [0.2, 0.25) is 0 Å². The Labute approximate surface area is 187 Å².